The molecule has 1 saturated heterocycles. The van der Waals surface area contributed by atoms with Crippen LogP contribution in [0.5, 0.6) is 5.75 Å². The molecule has 114 valence electrons. The molecule has 2 unspecified atom stereocenters. The molecule has 1 aliphatic heterocycles. The molecule has 1 aromatic carbocycles. The van der Waals surface area contributed by atoms with E-state index in [-0.39, 0.29) is 0 Å². The Kier molecular flexibility index (Phi) is 4.33. The average molecular weight is 397 g/mol. The molecule has 0 radical (unpaired) electrons. The monoisotopic (exact) mass is 397 g/mol. The molecule has 2 nitrogen and oxygen atoms in total. The molecule has 1 aliphatic carbocycles. The molecule has 3 heteroatoms. The smallest absolute Gasteiger partial charge is 0.119 e. The van der Waals surface area contributed by atoms with Crippen LogP contribution in [0.3, 0.4) is 0 Å². The standard InChI is InChI=1S/C18H24INO/c1-13(2)6-8-20-9-7-18(19)12-15(20)10-14-4-5-16(21-3)11-17(14)18/h4-6,11,15H,7-10,12H2,1-3H3. The second-order valence-electron chi connectivity index (χ2n) is 6.58. The lowest BCUT2D eigenvalue weighted by atomic mass is 9.75. The van der Waals surface area contributed by atoms with Gasteiger partial charge in [0.2, 0.25) is 0 Å². The van der Waals surface area contributed by atoms with Crippen LogP contribution in [0, 0.1) is 0 Å². The summed E-state index contributed by atoms with van der Waals surface area (Å²) in [6.45, 7) is 6.68. The Morgan fingerprint density at radius 3 is 3.00 bits per heavy atom. The average Bonchev–Trinajstić information content (AvgIpc) is 2.46. The van der Waals surface area contributed by atoms with E-state index in [4.69, 9.17) is 4.74 Å². The van der Waals surface area contributed by atoms with E-state index in [0.29, 0.717) is 9.46 Å². The summed E-state index contributed by atoms with van der Waals surface area (Å²) in [7, 11) is 1.76. The van der Waals surface area contributed by atoms with Crippen molar-refractivity contribution in [2.75, 3.05) is 20.2 Å². The predicted molar refractivity (Wildman–Crippen MR) is 96.4 cm³/mol. The number of piperidine rings is 1. The van der Waals surface area contributed by atoms with E-state index in [1.807, 2.05) is 0 Å². The Balaban J connectivity index is 1.88. The van der Waals surface area contributed by atoms with Gasteiger partial charge in [-0.05, 0) is 56.4 Å². The molecule has 2 aliphatic rings. The van der Waals surface area contributed by atoms with Gasteiger partial charge in [-0.2, -0.15) is 0 Å². The van der Waals surface area contributed by atoms with Crippen molar-refractivity contribution in [1.29, 1.82) is 0 Å². The highest BCUT2D eigenvalue weighted by molar-refractivity contribution is 14.1. The van der Waals surface area contributed by atoms with E-state index >= 15 is 0 Å². The van der Waals surface area contributed by atoms with Crippen LogP contribution in [0.25, 0.3) is 0 Å². The molecule has 0 spiro atoms. The maximum Gasteiger partial charge on any atom is 0.119 e. The van der Waals surface area contributed by atoms with Gasteiger partial charge in [0.05, 0.1) is 10.5 Å². The number of ether oxygens (including phenoxy) is 1. The SMILES string of the molecule is COc1ccc2c(c1)C1(I)CCN(CC=C(C)C)C(C2)C1. The van der Waals surface area contributed by atoms with Gasteiger partial charge in [0.1, 0.15) is 5.75 Å². The summed E-state index contributed by atoms with van der Waals surface area (Å²) in [6, 6.07) is 7.34. The minimum Gasteiger partial charge on any atom is -0.497 e. The summed E-state index contributed by atoms with van der Waals surface area (Å²) >= 11 is 2.70. The molecule has 21 heavy (non-hydrogen) atoms. The summed E-state index contributed by atoms with van der Waals surface area (Å²) in [5.74, 6) is 0.996. The van der Waals surface area contributed by atoms with Crippen LogP contribution in [0.2, 0.25) is 0 Å². The molecule has 1 fully saturated rings. The number of hydrogen-bond donors (Lipinski definition) is 0. The first-order chi connectivity index (χ1) is 10.0. The topological polar surface area (TPSA) is 12.5 Å². The molecule has 1 heterocycles. The maximum atomic E-state index is 5.43. The number of rotatable bonds is 3. The van der Waals surface area contributed by atoms with Crippen molar-refractivity contribution in [2.24, 2.45) is 0 Å². The molecule has 0 amide bonds. The Bertz CT molecular complexity index is 564. The van der Waals surface area contributed by atoms with Gasteiger partial charge in [-0.15, -0.1) is 0 Å². The normalized spacial score (nSPS) is 27.9. The molecule has 3 rings (SSSR count). The molecule has 0 N–H and O–H groups in total. The zero-order valence-electron chi connectivity index (χ0n) is 13.2. The van der Waals surface area contributed by atoms with Gasteiger partial charge in [-0.25, -0.2) is 0 Å². The largest absolute Gasteiger partial charge is 0.497 e. The van der Waals surface area contributed by atoms with E-state index in [1.54, 1.807) is 7.11 Å². The van der Waals surface area contributed by atoms with Crippen LogP contribution < -0.4 is 4.74 Å². The second-order valence-corrected chi connectivity index (χ2v) is 8.64. The first-order valence-corrected chi connectivity index (χ1v) is 8.83. The third kappa shape index (κ3) is 3.00. The Morgan fingerprint density at radius 1 is 1.48 bits per heavy atom. The second kappa shape index (κ2) is 5.92. The van der Waals surface area contributed by atoms with Crippen LogP contribution in [-0.4, -0.2) is 31.1 Å². The lowest BCUT2D eigenvalue weighted by molar-refractivity contribution is 0.133. The van der Waals surface area contributed by atoms with Gasteiger partial charge in [-0.3, -0.25) is 4.90 Å². The highest BCUT2D eigenvalue weighted by Crippen LogP contribution is 2.50. The fourth-order valence-electron chi connectivity index (χ4n) is 3.63. The van der Waals surface area contributed by atoms with Crippen LogP contribution in [-0.2, 0) is 9.84 Å². The first kappa shape index (κ1) is 15.3. The van der Waals surface area contributed by atoms with Crippen molar-refractivity contribution in [3.63, 3.8) is 0 Å². The fraction of sp³-hybridized carbons (Fsp3) is 0.556. The Hall–Kier alpha value is -0.550. The number of alkyl halides is 1. The van der Waals surface area contributed by atoms with Crippen molar-refractivity contribution < 1.29 is 4.74 Å². The molecular formula is C18H24INO. The number of hydrogen-bond acceptors (Lipinski definition) is 2. The number of allylic oxidation sites excluding steroid dienone is 1. The minimum absolute atomic E-state index is 0.298. The van der Waals surface area contributed by atoms with Gasteiger partial charge >= 0.3 is 0 Å². The zero-order chi connectivity index (χ0) is 15.0. The highest BCUT2D eigenvalue weighted by Gasteiger charge is 2.43. The zero-order valence-corrected chi connectivity index (χ0v) is 15.3. The number of methoxy groups -OCH3 is 1. The molecular weight excluding hydrogens is 373 g/mol. The van der Waals surface area contributed by atoms with Crippen LogP contribution in [0.15, 0.2) is 29.8 Å². The van der Waals surface area contributed by atoms with Gasteiger partial charge in [0.15, 0.2) is 0 Å². The van der Waals surface area contributed by atoms with E-state index in [9.17, 15) is 0 Å². The van der Waals surface area contributed by atoms with Crippen molar-refractivity contribution >= 4 is 22.6 Å². The van der Waals surface area contributed by atoms with Gasteiger partial charge < -0.3 is 4.74 Å². The summed E-state index contributed by atoms with van der Waals surface area (Å²) in [6.07, 6.45) is 6.05. The van der Waals surface area contributed by atoms with Crippen LogP contribution in [0.4, 0.5) is 0 Å². The van der Waals surface area contributed by atoms with E-state index in [2.05, 4.69) is 65.6 Å². The minimum atomic E-state index is 0.298. The van der Waals surface area contributed by atoms with E-state index < -0.39 is 0 Å². The molecule has 2 atom stereocenters. The maximum absolute atomic E-state index is 5.43. The number of benzene rings is 1. The fourth-order valence-corrected chi connectivity index (χ4v) is 4.88. The number of fused-ring (bicyclic) bond motifs is 4. The van der Waals surface area contributed by atoms with E-state index in [0.717, 1.165) is 12.3 Å². The lowest BCUT2D eigenvalue weighted by Crippen LogP contribution is -2.50. The molecule has 1 aromatic rings. The number of nitrogens with zero attached hydrogens (tertiary/aromatic N) is 1. The number of halogens is 1. The predicted octanol–water partition coefficient (Wildman–Crippen LogP) is 4.31. The molecule has 0 saturated carbocycles. The third-order valence-corrected chi connectivity index (χ3v) is 6.42. The van der Waals surface area contributed by atoms with Crippen molar-refractivity contribution in [2.45, 2.75) is 42.6 Å². The van der Waals surface area contributed by atoms with Crippen molar-refractivity contribution in [3.05, 3.63) is 41.0 Å². The van der Waals surface area contributed by atoms with Crippen LogP contribution >= 0.6 is 22.6 Å². The summed E-state index contributed by atoms with van der Waals surface area (Å²) in [5, 5.41) is 0. The highest BCUT2D eigenvalue weighted by atomic mass is 127. The molecule has 0 aromatic heterocycles. The van der Waals surface area contributed by atoms with Gasteiger partial charge in [0, 0.05) is 19.1 Å². The van der Waals surface area contributed by atoms with Crippen molar-refractivity contribution in [1.82, 2.24) is 4.90 Å². The molecule has 2 bridgehead atoms. The summed E-state index contributed by atoms with van der Waals surface area (Å²) < 4.78 is 5.73. The van der Waals surface area contributed by atoms with Crippen LogP contribution in [0.1, 0.15) is 37.8 Å². The van der Waals surface area contributed by atoms with Gasteiger partial charge in [-0.1, -0.05) is 40.3 Å². The Morgan fingerprint density at radius 2 is 2.29 bits per heavy atom. The summed E-state index contributed by atoms with van der Waals surface area (Å²) in [4.78, 5) is 2.66. The first-order valence-electron chi connectivity index (χ1n) is 7.75. The number of likely N-dealkylation sites (tertiary alicyclic amines) is 1. The van der Waals surface area contributed by atoms with Gasteiger partial charge in [0.25, 0.3) is 0 Å². The quantitative estimate of drug-likeness (QED) is 0.428. The van der Waals surface area contributed by atoms with Crippen molar-refractivity contribution in [3.8, 4) is 5.75 Å². The third-order valence-electron chi connectivity index (χ3n) is 4.86. The summed E-state index contributed by atoms with van der Waals surface area (Å²) in [5.41, 5.74) is 4.45. The lowest BCUT2D eigenvalue weighted by Gasteiger charge is -2.48. The van der Waals surface area contributed by atoms with E-state index in [1.165, 1.54) is 42.5 Å². The Labute approximate surface area is 141 Å².